The van der Waals surface area contributed by atoms with Gasteiger partial charge in [-0.3, -0.25) is 4.99 Å². The summed E-state index contributed by atoms with van der Waals surface area (Å²) in [7, 11) is 0. The van der Waals surface area contributed by atoms with E-state index in [1.165, 1.54) is 11.1 Å². The highest BCUT2D eigenvalue weighted by atomic mass is 16.5. The molecule has 1 aromatic rings. The summed E-state index contributed by atoms with van der Waals surface area (Å²) < 4.78 is 4.91. The molecular formula is C14H17NO2. The lowest BCUT2D eigenvalue weighted by molar-refractivity contribution is -0.142. The molecule has 0 radical (unpaired) electrons. The maximum Gasteiger partial charge on any atom is 0.336 e. The number of nitrogens with zero attached hydrogens (tertiary/aromatic N) is 1. The summed E-state index contributed by atoms with van der Waals surface area (Å²) in [5.74, 6) is -0.202. The first-order chi connectivity index (χ1) is 8.20. The fraction of sp³-hybridized carbons (Fsp3) is 0.429. The van der Waals surface area contributed by atoms with Gasteiger partial charge in [0.1, 0.15) is 0 Å². The molecule has 2 rings (SSSR count). The zero-order valence-electron chi connectivity index (χ0n) is 10.3. The van der Waals surface area contributed by atoms with Crippen molar-refractivity contribution in [2.45, 2.75) is 32.7 Å². The van der Waals surface area contributed by atoms with E-state index in [2.05, 4.69) is 36.2 Å². The van der Waals surface area contributed by atoms with Crippen LogP contribution in [0.2, 0.25) is 0 Å². The predicted octanol–water partition coefficient (Wildman–Crippen LogP) is 2.31. The Morgan fingerprint density at radius 2 is 2.00 bits per heavy atom. The summed E-state index contributed by atoms with van der Waals surface area (Å²) in [5, 5.41) is 0. The van der Waals surface area contributed by atoms with E-state index in [0.29, 0.717) is 6.61 Å². The van der Waals surface area contributed by atoms with Crippen molar-refractivity contribution in [3.63, 3.8) is 0 Å². The molecule has 0 aromatic heterocycles. The van der Waals surface area contributed by atoms with Gasteiger partial charge in [-0.25, -0.2) is 4.79 Å². The highest BCUT2D eigenvalue weighted by molar-refractivity contribution is 6.16. The monoisotopic (exact) mass is 231 g/mol. The number of esters is 1. The minimum atomic E-state index is -0.277. The van der Waals surface area contributed by atoms with Crippen LogP contribution in [0.3, 0.4) is 0 Å². The Morgan fingerprint density at radius 1 is 1.29 bits per heavy atom. The third-order valence-corrected chi connectivity index (χ3v) is 2.84. The normalized spacial score (nSPS) is 17.5. The maximum atomic E-state index is 11.3. The van der Waals surface area contributed by atoms with Crippen molar-refractivity contribution in [1.29, 1.82) is 0 Å². The topological polar surface area (TPSA) is 38.7 Å². The summed E-state index contributed by atoms with van der Waals surface area (Å²) in [4.78, 5) is 15.5. The summed E-state index contributed by atoms with van der Waals surface area (Å²) in [6.07, 6.45) is 1.79. The zero-order valence-corrected chi connectivity index (χ0v) is 10.3. The molecular weight excluding hydrogens is 214 g/mol. The molecule has 0 spiro atoms. The van der Waals surface area contributed by atoms with Gasteiger partial charge in [0.05, 0.1) is 12.3 Å². The number of hydrogen-bond acceptors (Lipinski definition) is 3. The van der Waals surface area contributed by atoms with Crippen LogP contribution in [0.15, 0.2) is 29.3 Å². The molecule has 90 valence electrons. The van der Waals surface area contributed by atoms with Gasteiger partial charge in [0, 0.05) is 0 Å². The van der Waals surface area contributed by atoms with Crippen LogP contribution in [-0.4, -0.2) is 24.3 Å². The first kappa shape index (κ1) is 11.8. The van der Waals surface area contributed by atoms with Gasteiger partial charge in [-0.15, -0.1) is 0 Å². The molecule has 0 saturated carbocycles. The first-order valence-electron chi connectivity index (χ1n) is 5.99. The average Bonchev–Trinajstić information content (AvgIpc) is 3.08. The lowest BCUT2D eigenvalue weighted by Gasteiger charge is -2.00. The highest BCUT2D eigenvalue weighted by Gasteiger charge is 2.35. The van der Waals surface area contributed by atoms with E-state index in [4.69, 9.17) is 4.74 Å². The molecule has 3 heteroatoms. The van der Waals surface area contributed by atoms with E-state index in [9.17, 15) is 4.79 Å². The van der Waals surface area contributed by atoms with Crippen LogP contribution in [0.4, 0.5) is 0 Å². The van der Waals surface area contributed by atoms with Gasteiger partial charge < -0.3 is 4.74 Å². The van der Waals surface area contributed by atoms with Gasteiger partial charge in [-0.2, -0.15) is 0 Å². The minimum Gasteiger partial charge on any atom is -0.464 e. The molecule has 1 atom stereocenters. The Labute approximate surface area is 102 Å². The number of benzene rings is 1. The van der Waals surface area contributed by atoms with Crippen LogP contribution in [0.25, 0.3) is 0 Å². The van der Waals surface area contributed by atoms with Gasteiger partial charge in [0.25, 0.3) is 0 Å². The Balaban J connectivity index is 1.76. The molecule has 17 heavy (non-hydrogen) atoms. The van der Waals surface area contributed by atoms with Crippen LogP contribution in [0, 0.1) is 6.92 Å². The van der Waals surface area contributed by atoms with Crippen molar-refractivity contribution < 1.29 is 9.53 Å². The fourth-order valence-corrected chi connectivity index (χ4v) is 1.77. The molecule has 1 aliphatic heterocycles. The van der Waals surface area contributed by atoms with Crippen LogP contribution < -0.4 is 0 Å². The summed E-state index contributed by atoms with van der Waals surface area (Å²) in [5.41, 5.74) is 3.53. The zero-order chi connectivity index (χ0) is 12.3. The van der Waals surface area contributed by atoms with Crippen LogP contribution >= 0.6 is 0 Å². The van der Waals surface area contributed by atoms with Crippen LogP contribution in [0.1, 0.15) is 24.5 Å². The van der Waals surface area contributed by atoms with Crippen LogP contribution in [0.5, 0.6) is 0 Å². The third kappa shape index (κ3) is 3.16. The molecule has 0 amide bonds. The SMILES string of the molecule is CCOC(=O)[C@H]1N=C1CCc1ccc(C)cc1. The average molecular weight is 231 g/mol. The largest absolute Gasteiger partial charge is 0.464 e. The van der Waals surface area contributed by atoms with Gasteiger partial charge >= 0.3 is 5.97 Å². The molecule has 0 unspecified atom stereocenters. The van der Waals surface area contributed by atoms with Crippen molar-refractivity contribution in [3.8, 4) is 0 Å². The van der Waals surface area contributed by atoms with E-state index in [0.717, 1.165) is 18.6 Å². The van der Waals surface area contributed by atoms with Crippen molar-refractivity contribution in [2.24, 2.45) is 4.99 Å². The lowest BCUT2D eigenvalue weighted by Crippen LogP contribution is -2.16. The number of carbonyl (C=O) groups is 1. The van der Waals surface area contributed by atoms with Crippen molar-refractivity contribution >= 4 is 11.7 Å². The van der Waals surface area contributed by atoms with Crippen molar-refractivity contribution in [2.75, 3.05) is 6.61 Å². The molecule has 1 aliphatic rings. The van der Waals surface area contributed by atoms with E-state index in [-0.39, 0.29) is 12.0 Å². The highest BCUT2D eigenvalue weighted by Crippen LogP contribution is 2.19. The number of rotatable bonds is 5. The number of aryl methyl sites for hydroxylation is 2. The number of aliphatic imine (C=N–C) groups is 1. The molecule has 0 aliphatic carbocycles. The summed E-state index contributed by atoms with van der Waals surface area (Å²) in [6, 6.07) is 8.18. The quantitative estimate of drug-likeness (QED) is 0.729. The molecule has 1 aromatic carbocycles. The standard InChI is InChI=1S/C14H17NO2/c1-3-17-14(16)13-12(15-13)9-8-11-6-4-10(2)5-7-11/h4-7,13H,3,8-9H2,1-2H3/t13-/m0/s1. The van der Waals surface area contributed by atoms with Gasteiger partial charge in [-0.1, -0.05) is 29.8 Å². The van der Waals surface area contributed by atoms with E-state index in [1.807, 2.05) is 6.92 Å². The molecule has 1 heterocycles. The van der Waals surface area contributed by atoms with E-state index in [1.54, 1.807) is 0 Å². The predicted molar refractivity (Wildman–Crippen MR) is 67.4 cm³/mol. The number of carbonyl (C=O) groups excluding carboxylic acids is 1. The first-order valence-corrected chi connectivity index (χ1v) is 5.99. The summed E-state index contributed by atoms with van der Waals surface area (Å²) in [6.45, 7) is 4.31. The van der Waals surface area contributed by atoms with Crippen molar-refractivity contribution in [3.05, 3.63) is 35.4 Å². The Hall–Kier alpha value is -1.64. The molecule has 0 saturated heterocycles. The second kappa shape index (κ2) is 5.13. The molecule has 3 nitrogen and oxygen atoms in total. The molecule has 0 fully saturated rings. The Bertz CT molecular complexity index is 434. The van der Waals surface area contributed by atoms with Crippen LogP contribution in [-0.2, 0) is 16.0 Å². The maximum absolute atomic E-state index is 11.3. The third-order valence-electron chi connectivity index (χ3n) is 2.84. The van der Waals surface area contributed by atoms with Gasteiger partial charge in [0.2, 0.25) is 0 Å². The van der Waals surface area contributed by atoms with Crippen molar-refractivity contribution in [1.82, 2.24) is 0 Å². The second-order valence-electron chi connectivity index (χ2n) is 4.26. The van der Waals surface area contributed by atoms with Gasteiger partial charge in [0.15, 0.2) is 6.04 Å². The fourth-order valence-electron chi connectivity index (χ4n) is 1.77. The van der Waals surface area contributed by atoms with E-state index < -0.39 is 0 Å². The number of hydrogen-bond donors (Lipinski definition) is 0. The van der Waals surface area contributed by atoms with Gasteiger partial charge in [-0.05, 0) is 32.3 Å². The second-order valence-corrected chi connectivity index (χ2v) is 4.26. The molecule has 0 N–H and O–H groups in total. The number of ether oxygens (including phenoxy) is 1. The summed E-state index contributed by atoms with van der Waals surface area (Å²) >= 11 is 0. The molecule has 0 bridgehead atoms. The van der Waals surface area contributed by atoms with E-state index >= 15 is 0 Å². The Kier molecular flexibility index (Phi) is 3.57. The Morgan fingerprint density at radius 3 is 2.65 bits per heavy atom. The smallest absolute Gasteiger partial charge is 0.336 e. The minimum absolute atomic E-state index is 0.202. The lowest BCUT2D eigenvalue weighted by atomic mass is 10.1.